The molecule has 0 spiro atoms. The van der Waals surface area contributed by atoms with Gasteiger partial charge in [0.05, 0.1) is 17.9 Å². The van der Waals surface area contributed by atoms with Gasteiger partial charge in [0.15, 0.2) is 0 Å². The first kappa shape index (κ1) is 30.4. The van der Waals surface area contributed by atoms with Gasteiger partial charge in [0, 0.05) is 49.0 Å². The third-order valence-corrected chi connectivity index (χ3v) is 7.28. The molecule has 0 unspecified atom stereocenters. The van der Waals surface area contributed by atoms with E-state index in [-0.39, 0.29) is 17.3 Å². The third-order valence-electron chi connectivity index (χ3n) is 6.68. The fourth-order valence-electron chi connectivity index (χ4n) is 4.68. The molecule has 0 aliphatic carbocycles. The number of urea groups is 1. The number of amides is 3. The molecule has 4 aromatic rings. The lowest BCUT2D eigenvalue weighted by atomic mass is 10.0. The van der Waals surface area contributed by atoms with Gasteiger partial charge >= 0.3 is 6.03 Å². The lowest BCUT2D eigenvalue weighted by Gasteiger charge is -2.45. The molecule has 1 fully saturated rings. The van der Waals surface area contributed by atoms with Crippen molar-refractivity contribution in [3.05, 3.63) is 108 Å². The number of aromatic nitrogens is 1. The number of hydrogen-bond donors (Lipinski definition) is 3. The SMILES string of the molecule is CS(=O)(=O)Nc1ccc(Oc2ccc(CN3CC(N(C(=O)Nc4ccc(F)c(C(N)=O)c4)c4cccc(F)c4)C3)cn2)cc1. The minimum atomic E-state index is -3.38. The molecule has 4 N–H and O–H groups in total. The van der Waals surface area contributed by atoms with Gasteiger partial charge in [-0.25, -0.2) is 27.0 Å². The van der Waals surface area contributed by atoms with Crippen LogP contribution < -0.4 is 25.4 Å². The largest absolute Gasteiger partial charge is 0.439 e. The zero-order valence-corrected chi connectivity index (χ0v) is 24.2. The first-order chi connectivity index (χ1) is 20.9. The Morgan fingerprint density at radius 3 is 2.39 bits per heavy atom. The molecule has 1 aromatic heterocycles. The zero-order chi connectivity index (χ0) is 31.4. The van der Waals surface area contributed by atoms with E-state index < -0.39 is 33.6 Å². The predicted molar refractivity (Wildman–Crippen MR) is 161 cm³/mol. The molecule has 1 aliphatic heterocycles. The van der Waals surface area contributed by atoms with Crippen LogP contribution in [0.3, 0.4) is 0 Å². The first-order valence-electron chi connectivity index (χ1n) is 13.3. The number of likely N-dealkylation sites (tertiary alicyclic amines) is 1. The summed E-state index contributed by atoms with van der Waals surface area (Å²) in [6.07, 6.45) is 2.74. The Morgan fingerprint density at radius 2 is 1.75 bits per heavy atom. The van der Waals surface area contributed by atoms with E-state index >= 15 is 0 Å². The number of nitrogens with two attached hydrogens (primary N) is 1. The topological polar surface area (TPSA) is 147 Å². The van der Waals surface area contributed by atoms with E-state index in [2.05, 4.69) is 19.9 Å². The number of carbonyl (C=O) groups excluding carboxylic acids is 2. The molecule has 3 aromatic carbocycles. The van der Waals surface area contributed by atoms with Crippen LogP contribution in [0.5, 0.6) is 11.6 Å². The maximum atomic E-state index is 14.1. The molecule has 2 heterocycles. The van der Waals surface area contributed by atoms with Gasteiger partial charge in [0.2, 0.25) is 15.9 Å². The fourth-order valence-corrected chi connectivity index (χ4v) is 5.24. The molecule has 11 nitrogen and oxygen atoms in total. The lowest BCUT2D eigenvalue weighted by molar-refractivity contribution is 0.0996. The Morgan fingerprint density at radius 1 is 1.02 bits per heavy atom. The molecule has 0 bridgehead atoms. The molecule has 0 radical (unpaired) electrons. The summed E-state index contributed by atoms with van der Waals surface area (Å²) in [7, 11) is -3.38. The van der Waals surface area contributed by atoms with E-state index in [9.17, 15) is 26.8 Å². The van der Waals surface area contributed by atoms with E-state index in [1.54, 1.807) is 42.6 Å². The molecular weight excluding hydrogens is 594 g/mol. The number of anilines is 3. The molecule has 44 heavy (non-hydrogen) atoms. The summed E-state index contributed by atoms with van der Waals surface area (Å²) in [4.78, 5) is 32.8. The number of benzene rings is 3. The average molecular weight is 623 g/mol. The Labute approximate surface area is 252 Å². The van der Waals surface area contributed by atoms with Gasteiger partial charge in [-0.1, -0.05) is 12.1 Å². The van der Waals surface area contributed by atoms with Crippen LogP contribution in [-0.4, -0.2) is 55.6 Å². The van der Waals surface area contributed by atoms with Crippen molar-refractivity contribution in [2.24, 2.45) is 5.73 Å². The maximum Gasteiger partial charge on any atom is 0.326 e. The Hall–Kier alpha value is -5.08. The van der Waals surface area contributed by atoms with Crippen LogP contribution in [0, 0.1) is 11.6 Å². The highest BCUT2D eigenvalue weighted by atomic mass is 32.2. The quantitative estimate of drug-likeness (QED) is 0.235. The molecule has 5 rings (SSSR count). The number of nitrogens with zero attached hydrogens (tertiary/aromatic N) is 3. The van der Waals surface area contributed by atoms with Gasteiger partial charge < -0.3 is 15.8 Å². The van der Waals surface area contributed by atoms with Crippen LogP contribution in [0.2, 0.25) is 0 Å². The van der Waals surface area contributed by atoms with Crippen molar-refractivity contribution in [2.45, 2.75) is 12.6 Å². The highest BCUT2D eigenvalue weighted by molar-refractivity contribution is 7.92. The minimum Gasteiger partial charge on any atom is -0.439 e. The van der Waals surface area contributed by atoms with Gasteiger partial charge in [-0.05, 0) is 66.2 Å². The summed E-state index contributed by atoms with van der Waals surface area (Å²) >= 11 is 0. The van der Waals surface area contributed by atoms with Crippen LogP contribution in [0.1, 0.15) is 15.9 Å². The van der Waals surface area contributed by atoms with Crippen molar-refractivity contribution in [3.8, 4) is 11.6 Å². The average Bonchev–Trinajstić information content (AvgIpc) is 2.94. The summed E-state index contributed by atoms with van der Waals surface area (Å²) in [5.74, 6) is -1.45. The van der Waals surface area contributed by atoms with Gasteiger partial charge in [-0.3, -0.25) is 19.3 Å². The predicted octanol–water partition coefficient (Wildman–Crippen LogP) is 4.55. The van der Waals surface area contributed by atoms with E-state index in [1.165, 1.54) is 29.2 Å². The normalized spacial score (nSPS) is 13.5. The Balaban J connectivity index is 1.21. The molecule has 228 valence electrons. The Bertz CT molecular complexity index is 1780. The van der Waals surface area contributed by atoms with Gasteiger partial charge in [0.1, 0.15) is 17.4 Å². The highest BCUT2D eigenvalue weighted by Gasteiger charge is 2.36. The van der Waals surface area contributed by atoms with Crippen LogP contribution in [0.4, 0.5) is 30.6 Å². The number of rotatable bonds is 10. The Kier molecular flexibility index (Phi) is 8.73. The summed E-state index contributed by atoms with van der Waals surface area (Å²) in [6, 6.07) is 18.2. The molecule has 1 saturated heterocycles. The van der Waals surface area contributed by atoms with E-state index in [0.717, 1.165) is 24.0 Å². The van der Waals surface area contributed by atoms with Gasteiger partial charge in [-0.15, -0.1) is 0 Å². The number of primary amides is 1. The third kappa shape index (κ3) is 7.65. The molecule has 0 atom stereocenters. The zero-order valence-electron chi connectivity index (χ0n) is 23.4. The van der Waals surface area contributed by atoms with Crippen molar-refractivity contribution in [2.75, 3.05) is 34.3 Å². The highest BCUT2D eigenvalue weighted by Crippen LogP contribution is 2.27. The summed E-state index contributed by atoms with van der Waals surface area (Å²) in [5, 5.41) is 2.65. The number of carbonyl (C=O) groups is 2. The second-order valence-corrected chi connectivity index (χ2v) is 11.9. The summed E-state index contributed by atoms with van der Waals surface area (Å²) in [6.45, 7) is 1.49. The van der Waals surface area contributed by atoms with Crippen LogP contribution in [0.25, 0.3) is 0 Å². The second kappa shape index (κ2) is 12.7. The van der Waals surface area contributed by atoms with Crippen molar-refractivity contribution in [1.29, 1.82) is 0 Å². The lowest BCUT2D eigenvalue weighted by Crippen LogP contribution is -2.61. The monoisotopic (exact) mass is 622 g/mol. The number of pyridine rings is 1. The standard InChI is InChI=1S/C30H28F2N6O5S/c1-44(41,42)36-21-6-9-25(10-7-21)43-28-12-5-19(15-34-28)16-37-17-24(18-37)38(23-4-2-3-20(31)13-23)30(40)35-22-8-11-27(32)26(14-22)29(33)39/h2-15,24,36H,16-18H2,1H3,(H2,33,39)(H,35,40). The number of hydrogen-bond acceptors (Lipinski definition) is 7. The maximum absolute atomic E-state index is 14.1. The first-order valence-corrected chi connectivity index (χ1v) is 15.2. The van der Waals surface area contributed by atoms with Crippen LogP contribution in [0.15, 0.2) is 85.1 Å². The molecular formula is C30H28F2N6O5S. The van der Waals surface area contributed by atoms with Crippen LogP contribution >= 0.6 is 0 Å². The van der Waals surface area contributed by atoms with Crippen molar-refractivity contribution in [3.63, 3.8) is 0 Å². The number of nitrogens with one attached hydrogen (secondary N) is 2. The molecule has 1 aliphatic rings. The minimum absolute atomic E-state index is 0.165. The number of ether oxygens (including phenoxy) is 1. The van der Waals surface area contributed by atoms with E-state index in [0.29, 0.717) is 42.6 Å². The fraction of sp³-hybridized carbons (Fsp3) is 0.167. The van der Waals surface area contributed by atoms with Crippen molar-refractivity contribution < 1.29 is 31.5 Å². The number of sulfonamides is 1. The van der Waals surface area contributed by atoms with Gasteiger partial charge in [-0.2, -0.15) is 0 Å². The smallest absolute Gasteiger partial charge is 0.326 e. The van der Waals surface area contributed by atoms with Crippen LogP contribution in [-0.2, 0) is 16.6 Å². The molecule has 14 heteroatoms. The van der Waals surface area contributed by atoms with Gasteiger partial charge in [0.25, 0.3) is 5.91 Å². The van der Waals surface area contributed by atoms with E-state index in [4.69, 9.17) is 10.5 Å². The number of halogens is 2. The van der Waals surface area contributed by atoms with Crippen molar-refractivity contribution >= 4 is 39.0 Å². The summed E-state index contributed by atoms with van der Waals surface area (Å²) in [5.41, 5.74) is 6.68. The van der Waals surface area contributed by atoms with E-state index in [1.807, 2.05) is 6.07 Å². The van der Waals surface area contributed by atoms with Crippen molar-refractivity contribution in [1.82, 2.24) is 9.88 Å². The second-order valence-electron chi connectivity index (χ2n) is 10.2. The molecule has 0 saturated carbocycles. The molecule has 3 amide bonds. The summed E-state index contributed by atoms with van der Waals surface area (Å²) < 4.78 is 58.9.